The van der Waals surface area contributed by atoms with Crippen molar-refractivity contribution in [3.63, 3.8) is 0 Å². The van der Waals surface area contributed by atoms with Gasteiger partial charge in [-0.2, -0.15) is 0 Å². The van der Waals surface area contributed by atoms with Crippen LogP contribution in [0.2, 0.25) is 0 Å². The van der Waals surface area contributed by atoms with Crippen LogP contribution in [0.25, 0.3) is 10.4 Å². The van der Waals surface area contributed by atoms with Gasteiger partial charge in [-0.15, -0.1) is 0 Å². The third-order valence-corrected chi connectivity index (χ3v) is 7.99. The smallest absolute Gasteiger partial charge is 0.326 e. The van der Waals surface area contributed by atoms with Crippen LogP contribution in [0, 0.1) is 0 Å². The van der Waals surface area contributed by atoms with Crippen molar-refractivity contribution in [2.75, 3.05) is 72.5 Å². The minimum absolute atomic E-state index is 0.0261. The van der Waals surface area contributed by atoms with Crippen LogP contribution in [-0.2, 0) is 47.7 Å². The van der Waals surface area contributed by atoms with Gasteiger partial charge >= 0.3 is 11.9 Å². The highest BCUT2D eigenvalue weighted by Crippen LogP contribution is 2.13. The van der Waals surface area contributed by atoms with Crippen molar-refractivity contribution in [3.05, 3.63) is 10.4 Å². The molecule has 18 nitrogen and oxygen atoms in total. The molecule has 0 aromatic heterocycles. The Morgan fingerprint density at radius 2 is 1.09 bits per heavy atom. The van der Waals surface area contributed by atoms with Gasteiger partial charge in [-0.1, -0.05) is 69.3 Å². The van der Waals surface area contributed by atoms with Crippen LogP contribution in [0.5, 0.6) is 0 Å². The summed E-state index contributed by atoms with van der Waals surface area (Å²) >= 11 is 0. The quantitative estimate of drug-likeness (QED) is 0.0257. The number of carboxylic acids is 2. The summed E-state index contributed by atoms with van der Waals surface area (Å²) in [5.74, 6) is -3.00. The standard InChI is InChI=1S/C36H64N6O12/c37-42-40-20-19-38-34(46)29-54-27-24-51-22-13-14-30(43)28-53-26-25-52-23-21-39-32(44)18-17-31(36(49)50)41-33(45)15-11-9-7-5-3-1-2-4-6-8-10-12-16-35(47)48/h31H,1-29H2,(H,38,46)(H,39,44)(H,41,45)(H,47,48)(H,49,50). The van der Waals surface area contributed by atoms with E-state index in [1.165, 1.54) is 19.3 Å². The fourth-order valence-electron chi connectivity index (χ4n) is 5.06. The first kappa shape index (κ1) is 50.2. The maximum atomic E-state index is 12.3. The first-order chi connectivity index (χ1) is 26.1. The van der Waals surface area contributed by atoms with E-state index in [4.69, 9.17) is 29.6 Å². The number of Topliss-reactive ketones (excluding diaryl/α,β-unsaturated/α-hetero) is 1. The average molecular weight is 773 g/mol. The number of azide groups is 1. The van der Waals surface area contributed by atoms with Crippen LogP contribution in [0.4, 0.5) is 0 Å². The SMILES string of the molecule is [N-]=[N+]=NCCNC(=O)COCCOCCCC(=O)COCCOCCNC(=O)CCC(NC(=O)CCCCCCCCCCCCCCC(=O)O)C(=O)O. The summed E-state index contributed by atoms with van der Waals surface area (Å²) in [4.78, 5) is 72.5. The van der Waals surface area contributed by atoms with Crippen LogP contribution in [0.3, 0.4) is 0 Å². The summed E-state index contributed by atoms with van der Waals surface area (Å²) in [6.07, 6.45) is 13.5. The van der Waals surface area contributed by atoms with Crippen molar-refractivity contribution in [2.45, 2.75) is 122 Å². The van der Waals surface area contributed by atoms with E-state index in [2.05, 4.69) is 26.0 Å². The maximum absolute atomic E-state index is 12.3. The largest absolute Gasteiger partial charge is 0.481 e. The molecule has 0 fully saturated rings. The van der Waals surface area contributed by atoms with Crippen molar-refractivity contribution in [3.8, 4) is 0 Å². The number of amides is 3. The Bertz CT molecular complexity index is 1090. The fraction of sp³-hybridized carbons (Fsp3) is 0.833. The number of unbranched alkanes of at least 4 members (excludes halogenated alkanes) is 11. The molecular formula is C36H64N6O12. The van der Waals surface area contributed by atoms with Crippen molar-refractivity contribution >= 4 is 35.4 Å². The Morgan fingerprint density at radius 3 is 1.69 bits per heavy atom. The topological polar surface area (TPSA) is 265 Å². The molecule has 0 heterocycles. The third kappa shape index (κ3) is 36.5. The summed E-state index contributed by atoms with van der Waals surface area (Å²) in [6, 6.07) is -1.14. The highest BCUT2D eigenvalue weighted by molar-refractivity contribution is 5.84. The average Bonchev–Trinajstić information content (AvgIpc) is 3.13. The number of ketones is 1. The van der Waals surface area contributed by atoms with Gasteiger partial charge < -0.3 is 45.1 Å². The number of carboxylic acid groups (broad SMARTS) is 2. The van der Waals surface area contributed by atoms with Crippen LogP contribution >= 0.6 is 0 Å². The lowest BCUT2D eigenvalue weighted by atomic mass is 10.0. The van der Waals surface area contributed by atoms with Crippen molar-refractivity contribution in [2.24, 2.45) is 5.11 Å². The van der Waals surface area contributed by atoms with Crippen LogP contribution in [0.15, 0.2) is 5.11 Å². The van der Waals surface area contributed by atoms with Gasteiger partial charge in [0.15, 0.2) is 5.78 Å². The fourth-order valence-corrected chi connectivity index (χ4v) is 5.06. The van der Waals surface area contributed by atoms with Gasteiger partial charge in [-0.05, 0) is 31.2 Å². The van der Waals surface area contributed by atoms with E-state index < -0.39 is 18.0 Å². The van der Waals surface area contributed by atoms with E-state index in [9.17, 15) is 33.9 Å². The molecule has 18 heteroatoms. The van der Waals surface area contributed by atoms with E-state index >= 15 is 0 Å². The molecule has 0 aromatic rings. The minimum Gasteiger partial charge on any atom is -0.481 e. The summed E-state index contributed by atoms with van der Waals surface area (Å²) < 4.78 is 21.2. The lowest BCUT2D eigenvalue weighted by Crippen LogP contribution is -2.41. The maximum Gasteiger partial charge on any atom is 0.326 e. The van der Waals surface area contributed by atoms with Gasteiger partial charge in [0, 0.05) is 56.8 Å². The van der Waals surface area contributed by atoms with Crippen molar-refractivity contribution in [1.82, 2.24) is 16.0 Å². The monoisotopic (exact) mass is 772 g/mol. The van der Waals surface area contributed by atoms with E-state index in [1.807, 2.05) is 0 Å². The van der Waals surface area contributed by atoms with Gasteiger partial charge in [0.1, 0.15) is 19.3 Å². The second-order valence-corrected chi connectivity index (χ2v) is 12.8. The predicted molar refractivity (Wildman–Crippen MR) is 199 cm³/mol. The molecule has 310 valence electrons. The van der Waals surface area contributed by atoms with Gasteiger partial charge in [0.2, 0.25) is 17.7 Å². The molecule has 0 aromatic carbocycles. The lowest BCUT2D eigenvalue weighted by Gasteiger charge is -2.14. The summed E-state index contributed by atoms with van der Waals surface area (Å²) in [6.45, 7) is 1.95. The normalized spacial score (nSPS) is 11.3. The van der Waals surface area contributed by atoms with Gasteiger partial charge in [-0.25, -0.2) is 4.79 Å². The molecule has 1 atom stereocenters. The van der Waals surface area contributed by atoms with Gasteiger partial charge in [-0.3, -0.25) is 24.0 Å². The Morgan fingerprint density at radius 1 is 0.556 bits per heavy atom. The highest BCUT2D eigenvalue weighted by atomic mass is 16.5. The Hall–Kier alpha value is -3.83. The minimum atomic E-state index is -1.19. The first-order valence-corrected chi connectivity index (χ1v) is 19.3. The summed E-state index contributed by atoms with van der Waals surface area (Å²) in [7, 11) is 0. The molecule has 0 radical (unpaired) electrons. The van der Waals surface area contributed by atoms with Crippen molar-refractivity contribution < 1.29 is 57.9 Å². The number of rotatable bonds is 40. The van der Waals surface area contributed by atoms with E-state index in [1.54, 1.807) is 0 Å². The molecule has 5 N–H and O–H groups in total. The molecule has 0 aliphatic heterocycles. The number of hydrogen-bond donors (Lipinski definition) is 5. The molecule has 0 bridgehead atoms. The molecular weight excluding hydrogens is 708 g/mol. The number of aliphatic carboxylic acids is 2. The predicted octanol–water partition coefficient (Wildman–Crippen LogP) is 3.84. The van der Waals surface area contributed by atoms with E-state index in [-0.39, 0.29) is 121 Å². The molecule has 54 heavy (non-hydrogen) atoms. The molecule has 0 saturated carbocycles. The first-order valence-electron chi connectivity index (χ1n) is 19.3. The Kier molecular flexibility index (Phi) is 34.8. The zero-order valence-electron chi connectivity index (χ0n) is 31.9. The number of nitrogens with zero attached hydrogens (tertiary/aromatic N) is 3. The molecule has 0 rings (SSSR count). The Labute approximate surface area is 318 Å². The summed E-state index contributed by atoms with van der Waals surface area (Å²) in [5.41, 5.74) is 8.16. The Balaban J connectivity index is 3.67. The van der Waals surface area contributed by atoms with Crippen LogP contribution in [0.1, 0.15) is 116 Å². The zero-order chi connectivity index (χ0) is 39.9. The molecule has 0 saturated heterocycles. The number of nitrogens with one attached hydrogen (secondary N) is 3. The zero-order valence-corrected chi connectivity index (χ0v) is 31.9. The second kappa shape index (κ2) is 37.5. The summed E-state index contributed by atoms with van der Waals surface area (Å²) in [5, 5.41) is 29.1. The van der Waals surface area contributed by atoms with E-state index in [0.29, 0.717) is 19.4 Å². The molecule has 3 amide bonds. The molecule has 0 aliphatic carbocycles. The third-order valence-electron chi connectivity index (χ3n) is 7.99. The van der Waals surface area contributed by atoms with Gasteiger partial charge in [0.25, 0.3) is 0 Å². The number of carbonyl (C=O) groups excluding carboxylic acids is 4. The molecule has 0 spiro atoms. The molecule has 1 unspecified atom stereocenters. The number of ether oxygens (including phenoxy) is 4. The number of hydrogen-bond acceptors (Lipinski definition) is 11. The van der Waals surface area contributed by atoms with Gasteiger partial charge in [0.05, 0.1) is 33.0 Å². The van der Waals surface area contributed by atoms with Crippen LogP contribution < -0.4 is 16.0 Å². The van der Waals surface area contributed by atoms with Crippen molar-refractivity contribution in [1.29, 1.82) is 0 Å². The second-order valence-electron chi connectivity index (χ2n) is 12.8. The lowest BCUT2D eigenvalue weighted by molar-refractivity contribution is -0.142. The highest BCUT2D eigenvalue weighted by Gasteiger charge is 2.20. The number of carbonyl (C=O) groups is 6. The van der Waals surface area contributed by atoms with E-state index in [0.717, 1.165) is 51.4 Å². The van der Waals surface area contributed by atoms with Crippen LogP contribution in [-0.4, -0.2) is 124 Å². The molecule has 0 aliphatic rings.